The summed E-state index contributed by atoms with van der Waals surface area (Å²) in [7, 11) is 0. The Balaban J connectivity index is 1.53. The number of ether oxygens (including phenoxy) is 2. The number of hydrogen-bond donors (Lipinski definition) is 2. The average molecular weight is 646 g/mol. The van der Waals surface area contributed by atoms with Crippen molar-refractivity contribution < 1.29 is 19.1 Å². The van der Waals surface area contributed by atoms with Gasteiger partial charge in [0.05, 0.1) is 21.4 Å². The molecule has 0 saturated carbocycles. The molecule has 0 aliphatic carbocycles. The highest BCUT2D eigenvalue weighted by Crippen LogP contribution is 2.32. The van der Waals surface area contributed by atoms with Crippen LogP contribution in [0.3, 0.4) is 0 Å². The van der Waals surface area contributed by atoms with Gasteiger partial charge in [-0.25, -0.2) is 0 Å². The molecule has 0 aliphatic rings. The Morgan fingerprint density at radius 1 is 0.667 bits per heavy atom. The molecule has 0 bridgehead atoms. The third-order valence-corrected chi connectivity index (χ3v) is 6.75. The van der Waals surface area contributed by atoms with E-state index in [0.29, 0.717) is 38.6 Å². The minimum absolute atomic E-state index is 0.264. The quantitative estimate of drug-likeness (QED) is 0.168. The van der Waals surface area contributed by atoms with Gasteiger partial charge in [0, 0.05) is 15.7 Å². The van der Waals surface area contributed by atoms with E-state index in [1.54, 1.807) is 68.4 Å². The summed E-state index contributed by atoms with van der Waals surface area (Å²) >= 11 is 24.2. The highest BCUT2D eigenvalue weighted by Gasteiger charge is 2.20. The Kier molecular flexibility index (Phi) is 10.7. The van der Waals surface area contributed by atoms with Crippen LogP contribution in [-0.2, 0) is 9.59 Å². The fourth-order valence-electron chi connectivity index (χ4n) is 3.52. The first-order valence-corrected chi connectivity index (χ1v) is 14.1. The van der Waals surface area contributed by atoms with Gasteiger partial charge in [0.2, 0.25) is 0 Å². The normalized spacial score (nSPS) is 12.4. The summed E-state index contributed by atoms with van der Waals surface area (Å²) in [5.41, 5.74) is 1.62. The van der Waals surface area contributed by atoms with E-state index in [2.05, 4.69) is 20.9 Å². The fourth-order valence-corrected chi connectivity index (χ4v) is 4.42. The van der Waals surface area contributed by atoms with Gasteiger partial charge in [0.1, 0.15) is 17.2 Å². The van der Waals surface area contributed by atoms with Gasteiger partial charge in [-0.15, -0.1) is 5.11 Å². The molecule has 4 aromatic rings. The van der Waals surface area contributed by atoms with Crippen LogP contribution >= 0.6 is 46.4 Å². The van der Waals surface area contributed by atoms with Gasteiger partial charge in [-0.2, -0.15) is 5.11 Å². The Bertz CT molecular complexity index is 1620. The SMILES string of the molecule is CC(Oc1ccc(Cl)cc1Cl)C(=O)Nc1ccc(N=Nc2ccccc2)c(NC(=O)C(C)Oc2ccc(Cl)cc2Cl)c1. The number of benzene rings is 4. The molecule has 0 radical (unpaired) electrons. The van der Waals surface area contributed by atoms with Crippen LogP contribution in [0.1, 0.15) is 13.8 Å². The lowest BCUT2D eigenvalue weighted by atomic mass is 10.2. The Morgan fingerprint density at radius 2 is 1.21 bits per heavy atom. The number of anilines is 2. The second-order valence-corrected chi connectivity index (χ2v) is 10.6. The minimum Gasteiger partial charge on any atom is -0.479 e. The molecule has 0 aliphatic heterocycles. The van der Waals surface area contributed by atoms with Crippen molar-refractivity contribution in [1.29, 1.82) is 0 Å². The lowest BCUT2D eigenvalue weighted by molar-refractivity contribution is -0.122. The van der Waals surface area contributed by atoms with Crippen molar-refractivity contribution in [3.8, 4) is 11.5 Å². The molecule has 0 spiro atoms. The molecular weight excluding hydrogens is 622 g/mol. The topological polar surface area (TPSA) is 101 Å². The van der Waals surface area contributed by atoms with Crippen LogP contribution < -0.4 is 20.1 Å². The predicted molar refractivity (Wildman–Crippen MR) is 167 cm³/mol. The molecule has 8 nitrogen and oxygen atoms in total. The van der Waals surface area contributed by atoms with E-state index in [0.717, 1.165) is 0 Å². The summed E-state index contributed by atoms with van der Waals surface area (Å²) < 4.78 is 11.4. The van der Waals surface area contributed by atoms with Crippen LogP contribution in [0.5, 0.6) is 11.5 Å². The number of carbonyl (C=O) groups is 2. The van der Waals surface area contributed by atoms with Crippen LogP contribution in [0.2, 0.25) is 20.1 Å². The summed E-state index contributed by atoms with van der Waals surface area (Å²) in [6, 6.07) is 23.3. The van der Waals surface area contributed by atoms with Gasteiger partial charge in [-0.1, -0.05) is 64.6 Å². The van der Waals surface area contributed by atoms with E-state index in [9.17, 15) is 9.59 Å². The third kappa shape index (κ3) is 8.59. The van der Waals surface area contributed by atoms with E-state index in [1.165, 1.54) is 12.1 Å². The Morgan fingerprint density at radius 3 is 1.76 bits per heavy atom. The zero-order chi connectivity index (χ0) is 30.2. The van der Waals surface area contributed by atoms with Gasteiger partial charge in [0.15, 0.2) is 12.2 Å². The maximum atomic E-state index is 13.1. The predicted octanol–water partition coefficient (Wildman–Crippen LogP) is 9.53. The van der Waals surface area contributed by atoms with E-state index in [4.69, 9.17) is 55.9 Å². The van der Waals surface area contributed by atoms with E-state index in [-0.39, 0.29) is 15.7 Å². The monoisotopic (exact) mass is 644 g/mol. The third-order valence-electron chi connectivity index (χ3n) is 5.69. The maximum Gasteiger partial charge on any atom is 0.265 e. The van der Waals surface area contributed by atoms with Gasteiger partial charge in [-0.05, 0) is 80.6 Å². The first-order valence-electron chi connectivity index (χ1n) is 12.5. The van der Waals surface area contributed by atoms with Crippen molar-refractivity contribution in [2.24, 2.45) is 10.2 Å². The molecule has 2 N–H and O–H groups in total. The molecule has 2 unspecified atom stereocenters. The van der Waals surface area contributed by atoms with Crippen molar-refractivity contribution in [2.45, 2.75) is 26.1 Å². The zero-order valence-electron chi connectivity index (χ0n) is 22.3. The summed E-state index contributed by atoms with van der Waals surface area (Å²) in [4.78, 5) is 26.0. The Hall–Kier alpha value is -3.82. The van der Waals surface area contributed by atoms with Crippen LogP contribution in [-0.4, -0.2) is 24.0 Å². The smallest absolute Gasteiger partial charge is 0.265 e. The van der Waals surface area contributed by atoms with Gasteiger partial charge >= 0.3 is 0 Å². The van der Waals surface area contributed by atoms with Crippen LogP contribution in [0.25, 0.3) is 0 Å². The average Bonchev–Trinajstić information content (AvgIpc) is 2.96. The number of carbonyl (C=O) groups excluding carboxylic acids is 2. The van der Waals surface area contributed by atoms with Gasteiger partial charge in [-0.3, -0.25) is 9.59 Å². The number of rotatable bonds is 10. The molecule has 42 heavy (non-hydrogen) atoms. The minimum atomic E-state index is -0.946. The molecule has 4 aromatic carbocycles. The number of nitrogens with one attached hydrogen (secondary N) is 2. The van der Waals surface area contributed by atoms with E-state index < -0.39 is 24.0 Å². The lowest BCUT2D eigenvalue weighted by Crippen LogP contribution is -2.31. The van der Waals surface area contributed by atoms with Crippen LogP contribution in [0.4, 0.5) is 22.7 Å². The first kappa shape index (κ1) is 31.1. The molecular formula is C30H24Cl4N4O4. The van der Waals surface area contributed by atoms with Crippen molar-refractivity contribution in [2.75, 3.05) is 10.6 Å². The number of azo groups is 1. The highest BCUT2D eigenvalue weighted by molar-refractivity contribution is 6.36. The molecule has 0 saturated heterocycles. The largest absolute Gasteiger partial charge is 0.479 e. The Labute approximate surface area is 262 Å². The van der Waals surface area contributed by atoms with Crippen LogP contribution in [0, 0.1) is 0 Å². The second kappa shape index (κ2) is 14.4. The zero-order valence-corrected chi connectivity index (χ0v) is 25.3. The van der Waals surface area contributed by atoms with Gasteiger partial charge in [0.25, 0.3) is 11.8 Å². The molecule has 0 fully saturated rings. The molecule has 0 aromatic heterocycles. The fraction of sp³-hybridized carbons (Fsp3) is 0.133. The number of hydrogen-bond acceptors (Lipinski definition) is 6. The summed E-state index contributed by atoms with van der Waals surface area (Å²) in [5.74, 6) is -0.340. The summed E-state index contributed by atoms with van der Waals surface area (Å²) in [5, 5.41) is 15.5. The van der Waals surface area contributed by atoms with Crippen molar-refractivity contribution in [1.82, 2.24) is 0 Å². The maximum absolute atomic E-state index is 13.1. The van der Waals surface area contributed by atoms with Crippen molar-refractivity contribution in [3.63, 3.8) is 0 Å². The standard InChI is InChI=1S/C30H24Cl4N4O4/c1-17(41-27-12-8-19(31)14-23(27)33)29(39)35-22-10-11-25(38-37-21-6-4-3-5-7-21)26(16-22)36-30(40)18(2)42-28-13-9-20(32)15-24(28)34/h3-18H,1-2H3,(H,35,39)(H,36,40). The van der Waals surface area contributed by atoms with E-state index >= 15 is 0 Å². The van der Waals surface area contributed by atoms with Crippen LogP contribution in [0.15, 0.2) is 95.2 Å². The number of nitrogens with zero attached hydrogens (tertiary/aromatic N) is 2. The molecule has 2 atom stereocenters. The molecule has 12 heteroatoms. The number of halogens is 4. The lowest BCUT2D eigenvalue weighted by Gasteiger charge is -2.18. The summed E-state index contributed by atoms with van der Waals surface area (Å²) in [6.45, 7) is 3.14. The molecule has 216 valence electrons. The number of amides is 2. The molecule has 2 amide bonds. The molecule has 0 heterocycles. The molecule has 4 rings (SSSR count). The van der Waals surface area contributed by atoms with Crippen molar-refractivity contribution >= 4 is 81.0 Å². The first-order chi connectivity index (χ1) is 20.1. The second-order valence-electron chi connectivity index (χ2n) is 8.92. The van der Waals surface area contributed by atoms with Crippen molar-refractivity contribution in [3.05, 3.63) is 105 Å². The highest BCUT2D eigenvalue weighted by atomic mass is 35.5. The summed E-state index contributed by atoms with van der Waals surface area (Å²) in [6.07, 6.45) is -1.85. The van der Waals surface area contributed by atoms with Gasteiger partial charge < -0.3 is 20.1 Å². The van der Waals surface area contributed by atoms with E-state index in [1.807, 2.05) is 18.2 Å².